The van der Waals surface area contributed by atoms with Gasteiger partial charge in [0.05, 0.1) is 13.2 Å². The first-order chi connectivity index (χ1) is 5.76. The van der Waals surface area contributed by atoms with E-state index < -0.39 is 0 Å². The Labute approximate surface area is 74.9 Å². The molecule has 0 radical (unpaired) electrons. The van der Waals surface area contributed by atoms with Gasteiger partial charge in [0, 0.05) is 18.6 Å². The zero-order chi connectivity index (χ0) is 8.60. The lowest BCUT2D eigenvalue weighted by molar-refractivity contribution is -0.00240. The molecule has 1 saturated heterocycles. The van der Waals surface area contributed by atoms with E-state index in [4.69, 9.17) is 4.74 Å². The topological polar surface area (TPSA) is 12.5 Å². The van der Waals surface area contributed by atoms with Crippen LogP contribution < -0.4 is 0 Å². The lowest BCUT2D eigenvalue weighted by atomic mass is 9.99. The molecule has 1 aliphatic heterocycles. The third-order valence-corrected chi connectivity index (χ3v) is 3.48. The van der Waals surface area contributed by atoms with E-state index in [2.05, 4.69) is 18.7 Å². The van der Waals surface area contributed by atoms with Crippen molar-refractivity contribution in [3.8, 4) is 0 Å². The SMILES string of the molecule is CC(C)C1(N2CCOCC2)CC1. The Morgan fingerprint density at radius 2 is 1.75 bits per heavy atom. The predicted molar refractivity (Wildman–Crippen MR) is 49.2 cm³/mol. The molecule has 0 aromatic heterocycles. The molecule has 0 unspecified atom stereocenters. The van der Waals surface area contributed by atoms with Crippen LogP contribution in [0, 0.1) is 5.92 Å². The second-order valence-corrected chi connectivity index (χ2v) is 4.36. The van der Waals surface area contributed by atoms with Crippen molar-refractivity contribution in [1.82, 2.24) is 4.90 Å². The zero-order valence-electron chi connectivity index (χ0n) is 8.18. The zero-order valence-corrected chi connectivity index (χ0v) is 8.18. The molecule has 2 fully saturated rings. The molecular formula is C10H19NO. The van der Waals surface area contributed by atoms with Crippen molar-refractivity contribution in [3.05, 3.63) is 0 Å². The van der Waals surface area contributed by atoms with Crippen LogP contribution in [0.15, 0.2) is 0 Å². The van der Waals surface area contributed by atoms with Crippen molar-refractivity contribution < 1.29 is 4.74 Å². The van der Waals surface area contributed by atoms with E-state index in [1.165, 1.54) is 12.8 Å². The van der Waals surface area contributed by atoms with E-state index >= 15 is 0 Å². The van der Waals surface area contributed by atoms with Crippen molar-refractivity contribution in [1.29, 1.82) is 0 Å². The van der Waals surface area contributed by atoms with E-state index in [1.54, 1.807) is 0 Å². The minimum atomic E-state index is 0.573. The van der Waals surface area contributed by atoms with Crippen molar-refractivity contribution in [2.24, 2.45) is 5.92 Å². The fourth-order valence-corrected chi connectivity index (χ4v) is 2.40. The average Bonchev–Trinajstić information content (AvgIpc) is 2.86. The van der Waals surface area contributed by atoms with Gasteiger partial charge in [-0.05, 0) is 18.8 Å². The molecule has 2 rings (SSSR count). The summed E-state index contributed by atoms with van der Waals surface area (Å²) in [7, 11) is 0. The van der Waals surface area contributed by atoms with Crippen molar-refractivity contribution >= 4 is 0 Å². The molecular weight excluding hydrogens is 150 g/mol. The molecule has 1 saturated carbocycles. The second-order valence-electron chi connectivity index (χ2n) is 4.36. The summed E-state index contributed by atoms with van der Waals surface area (Å²) in [5.74, 6) is 0.815. The largest absolute Gasteiger partial charge is 0.379 e. The van der Waals surface area contributed by atoms with Crippen molar-refractivity contribution in [2.45, 2.75) is 32.2 Å². The summed E-state index contributed by atoms with van der Waals surface area (Å²) >= 11 is 0. The van der Waals surface area contributed by atoms with Gasteiger partial charge in [-0.3, -0.25) is 4.90 Å². The van der Waals surface area contributed by atoms with Crippen LogP contribution >= 0.6 is 0 Å². The maximum atomic E-state index is 5.36. The summed E-state index contributed by atoms with van der Waals surface area (Å²) in [6, 6.07) is 0. The minimum absolute atomic E-state index is 0.573. The Hall–Kier alpha value is -0.0800. The first-order valence-corrected chi connectivity index (χ1v) is 5.08. The fourth-order valence-electron chi connectivity index (χ4n) is 2.40. The van der Waals surface area contributed by atoms with E-state index in [1.807, 2.05) is 0 Å². The third kappa shape index (κ3) is 1.27. The molecule has 0 aromatic carbocycles. The van der Waals surface area contributed by atoms with Gasteiger partial charge in [-0.2, -0.15) is 0 Å². The van der Waals surface area contributed by atoms with Gasteiger partial charge in [0.2, 0.25) is 0 Å². The molecule has 0 aromatic rings. The van der Waals surface area contributed by atoms with Crippen LogP contribution in [0.2, 0.25) is 0 Å². The molecule has 2 heteroatoms. The van der Waals surface area contributed by atoms with Crippen molar-refractivity contribution in [2.75, 3.05) is 26.3 Å². The number of ether oxygens (including phenoxy) is 1. The Morgan fingerprint density at radius 3 is 2.17 bits per heavy atom. The molecule has 0 bridgehead atoms. The summed E-state index contributed by atoms with van der Waals surface area (Å²) in [6.45, 7) is 8.88. The molecule has 0 amide bonds. The maximum Gasteiger partial charge on any atom is 0.0594 e. The molecule has 0 spiro atoms. The summed E-state index contributed by atoms with van der Waals surface area (Å²) in [6.07, 6.45) is 2.81. The van der Waals surface area contributed by atoms with Gasteiger partial charge in [0.15, 0.2) is 0 Å². The van der Waals surface area contributed by atoms with Gasteiger partial charge in [0.25, 0.3) is 0 Å². The minimum Gasteiger partial charge on any atom is -0.379 e. The molecule has 1 aliphatic carbocycles. The van der Waals surface area contributed by atoms with E-state index in [9.17, 15) is 0 Å². The lowest BCUT2D eigenvalue weighted by Crippen LogP contribution is -2.47. The first kappa shape index (κ1) is 8.52. The average molecular weight is 169 g/mol. The van der Waals surface area contributed by atoms with Gasteiger partial charge in [-0.1, -0.05) is 13.8 Å². The van der Waals surface area contributed by atoms with Crippen LogP contribution in [0.1, 0.15) is 26.7 Å². The molecule has 0 atom stereocenters. The van der Waals surface area contributed by atoms with Gasteiger partial charge >= 0.3 is 0 Å². The predicted octanol–water partition coefficient (Wildman–Crippen LogP) is 1.51. The molecule has 12 heavy (non-hydrogen) atoms. The van der Waals surface area contributed by atoms with Gasteiger partial charge < -0.3 is 4.74 Å². The molecule has 0 N–H and O–H groups in total. The number of rotatable bonds is 2. The molecule has 2 nitrogen and oxygen atoms in total. The van der Waals surface area contributed by atoms with E-state index in [0.29, 0.717) is 5.54 Å². The van der Waals surface area contributed by atoms with Gasteiger partial charge in [-0.25, -0.2) is 0 Å². The highest BCUT2D eigenvalue weighted by atomic mass is 16.5. The normalized spacial score (nSPS) is 29.2. The number of hydrogen-bond donors (Lipinski definition) is 0. The van der Waals surface area contributed by atoms with Gasteiger partial charge in [-0.15, -0.1) is 0 Å². The summed E-state index contributed by atoms with van der Waals surface area (Å²) in [4.78, 5) is 2.64. The van der Waals surface area contributed by atoms with E-state index in [0.717, 1.165) is 32.2 Å². The van der Waals surface area contributed by atoms with Crippen LogP contribution in [0.5, 0.6) is 0 Å². The first-order valence-electron chi connectivity index (χ1n) is 5.08. The van der Waals surface area contributed by atoms with Gasteiger partial charge in [0.1, 0.15) is 0 Å². The Balaban J connectivity index is 1.97. The maximum absolute atomic E-state index is 5.36. The highest BCUT2D eigenvalue weighted by Crippen LogP contribution is 2.47. The number of nitrogens with zero attached hydrogens (tertiary/aromatic N) is 1. The van der Waals surface area contributed by atoms with Crippen LogP contribution in [0.4, 0.5) is 0 Å². The summed E-state index contributed by atoms with van der Waals surface area (Å²) < 4.78 is 5.36. The fraction of sp³-hybridized carbons (Fsp3) is 1.00. The summed E-state index contributed by atoms with van der Waals surface area (Å²) in [5.41, 5.74) is 0.573. The Morgan fingerprint density at radius 1 is 1.17 bits per heavy atom. The quantitative estimate of drug-likeness (QED) is 0.621. The van der Waals surface area contributed by atoms with Crippen LogP contribution in [0.3, 0.4) is 0 Å². The molecule has 2 aliphatic rings. The molecule has 70 valence electrons. The second kappa shape index (κ2) is 3.00. The lowest BCUT2D eigenvalue weighted by Gasteiger charge is -2.37. The Bertz CT molecular complexity index is 157. The number of hydrogen-bond acceptors (Lipinski definition) is 2. The van der Waals surface area contributed by atoms with Crippen LogP contribution in [0.25, 0.3) is 0 Å². The highest BCUT2D eigenvalue weighted by molar-refractivity contribution is 5.06. The Kier molecular flexibility index (Phi) is 2.13. The van der Waals surface area contributed by atoms with Crippen LogP contribution in [-0.2, 0) is 4.74 Å². The number of morpholine rings is 1. The summed E-state index contributed by atoms with van der Waals surface area (Å²) in [5, 5.41) is 0. The smallest absolute Gasteiger partial charge is 0.0594 e. The van der Waals surface area contributed by atoms with E-state index in [-0.39, 0.29) is 0 Å². The monoisotopic (exact) mass is 169 g/mol. The molecule has 1 heterocycles. The standard InChI is InChI=1S/C10H19NO/c1-9(2)10(3-4-10)11-5-7-12-8-6-11/h9H,3-8H2,1-2H3. The highest BCUT2D eigenvalue weighted by Gasteiger charge is 2.50. The third-order valence-electron chi connectivity index (χ3n) is 3.48. The van der Waals surface area contributed by atoms with Crippen molar-refractivity contribution in [3.63, 3.8) is 0 Å². The van der Waals surface area contributed by atoms with Crippen LogP contribution in [-0.4, -0.2) is 36.7 Å².